The standard InChI is InChI=1S/C26H26N6O2/c1-33-21-8-6-18(16-22(21)34-2)17-5-7-19-20(15-17)28-24-23(19)29-26(32-13-9-27-10-14-32)30-25(24)31-11-3-4-12-31/h3-8,11-12,15-16,27-28H,9-10,13-14H2,1-2H3. The fraction of sp³-hybridized carbons (Fsp3) is 0.231. The van der Waals surface area contributed by atoms with Gasteiger partial charge in [-0.1, -0.05) is 18.2 Å². The third-order valence-electron chi connectivity index (χ3n) is 6.38. The molecule has 0 unspecified atom stereocenters. The first-order valence-electron chi connectivity index (χ1n) is 11.4. The maximum Gasteiger partial charge on any atom is 0.228 e. The van der Waals surface area contributed by atoms with E-state index in [1.807, 2.05) is 47.3 Å². The van der Waals surface area contributed by atoms with Crippen molar-refractivity contribution in [2.24, 2.45) is 0 Å². The SMILES string of the molecule is COc1ccc(-c2ccc3c(c2)[nH]c2c(-n4cccc4)nc(N4CCNCC4)nc23)cc1OC. The van der Waals surface area contributed by atoms with E-state index in [2.05, 4.69) is 33.4 Å². The van der Waals surface area contributed by atoms with E-state index in [0.717, 1.165) is 71.0 Å². The number of hydrogen-bond acceptors (Lipinski definition) is 6. The van der Waals surface area contributed by atoms with Crippen LogP contribution in [-0.4, -0.2) is 59.9 Å². The van der Waals surface area contributed by atoms with E-state index in [1.54, 1.807) is 14.2 Å². The minimum absolute atomic E-state index is 0.707. The molecule has 1 aliphatic rings. The van der Waals surface area contributed by atoms with E-state index in [0.29, 0.717) is 11.5 Å². The number of nitrogens with one attached hydrogen (secondary N) is 2. The van der Waals surface area contributed by atoms with Crippen LogP contribution in [0.4, 0.5) is 5.95 Å². The van der Waals surface area contributed by atoms with Crippen molar-refractivity contribution in [3.63, 3.8) is 0 Å². The van der Waals surface area contributed by atoms with Gasteiger partial charge in [0.15, 0.2) is 17.3 Å². The Labute approximate surface area is 197 Å². The lowest BCUT2D eigenvalue weighted by atomic mass is 10.0. The Morgan fingerprint density at radius 1 is 0.853 bits per heavy atom. The first-order chi connectivity index (χ1) is 16.7. The monoisotopic (exact) mass is 454 g/mol. The summed E-state index contributed by atoms with van der Waals surface area (Å²) in [5.74, 6) is 3.04. The van der Waals surface area contributed by atoms with Crippen LogP contribution >= 0.6 is 0 Å². The lowest BCUT2D eigenvalue weighted by molar-refractivity contribution is 0.355. The first kappa shape index (κ1) is 20.6. The van der Waals surface area contributed by atoms with Crippen LogP contribution in [0.15, 0.2) is 60.9 Å². The summed E-state index contributed by atoms with van der Waals surface area (Å²) in [5.41, 5.74) is 5.01. The number of nitrogens with zero attached hydrogens (tertiary/aromatic N) is 4. The highest BCUT2D eigenvalue weighted by atomic mass is 16.5. The van der Waals surface area contributed by atoms with Gasteiger partial charge in [0.05, 0.1) is 14.2 Å². The zero-order chi connectivity index (χ0) is 23.1. The summed E-state index contributed by atoms with van der Waals surface area (Å²) >= 11 is 0. The predicted molar refractivity (Wildman–Crippen MR) is 134 cm³/mol. The molecule has 6 rings (SSSR count). The number of fused-ring (bicyclic) bond motifs is 3. The highest BCUT2D eigenvalue weighted by Gasteiger charge is 2.20. The molecule has 2 aromatic carbocycles. The van der Waals surface area contributed by atoms with Crippen LogP contribution in [0, 0.1) is 0 Å². The zero-order valence-corrected chi connectivity index (χ0v) is 19.2. The number of benzene rings is 2. The fourth-order valence-electron chi connectivity index (χ4n) is 4.60. The summed E-state index contributed by atoms with van der Waals surface area (Å²) < 4.78 is 12.9. The summed E-state index contributed by atoms with van der Waals surface area (Å²) in [6.45, 7) is 3.65. The maximum absolute atomic E-state index is 5.50. The molecule has 8 heteroatoms. The summed E-state index contributed by atoms with van der Waals surface area (Å²) in [5, 5.41) is 4.48. The van der Waals surface area contributed by atoms with Crippen molar-refractivity contribution in [1.82, 2.24) is 24.8 Å². The third kappa shape index (κ3) is 3.43. The van der Waals surface area contributed by atoms with Crippen LogP contribution < -0.4 is 19.7 Å². The van der Waals surface area contributed by atoms with E-state index in [9.17, 15) is 0 Å². The average Bonchev–Trinajstić information content (AvgIpc) is 3.56. The van der Waals surface area contributed by atoms with Crippen molar-refractivity contribution in [1.29, 1.82) is 0 Å². The van der Waals surface area contributed by atoms with E-state index < -0.39 is 0 Å². The zero-order valence-electron chi connectivity index (χ0n) is 19.2. The van der Waals surface area contributed by atoms with Gasteiger partial charge in [0, 0.05) is 49.5 Å². The highest BCUT2D eigenvalue weighted by molar-refractivity contribution is 6.08. The molecule has 0 aliphatic carbocycles. The minimum Gasteiger partial charge on any atom is -0.493 e. The van der Waals surface area contributed by atoms with Gasteiger partial charge < -0.3 is 29.2 Å². The van der Waals surface area contributed by atoms with Gasteiger partial charge in [-0.3, -0.25) is 0 Å². The van der Waals surface area contributed by atoms with Crippen molar-refractivity contribution in [3.8, 4) is 28.4 Å². The Morgan fingerprint density at radius 3 is 2.35 bits per heavy atom. The van der Waals surface area contributed by atoms with Gasteiger partial charge in [-0.15, -0.1) is 0 Å². The number of hydrogen-bond donors (Lipinski definition) is 2. The number of aromatic nitrogens is 4. The van der Waals surface area contributed by atoms with E-state index in [1.165, 1.54) is 0 Å². The molecule has 1 aliphatic heterocycles. The highest BCUT2D eigenvalue weighted by Crippen LogP contribution is 2.35. The molecule has 0 bridgehead atoms. The number of anilines is 1. The van der Waals surface area contributed by atoms with Crippen LogP contribution in [0.2, 0.25) is 0 Å². The summed E-state index contributed by atoms with van der Waals surface area (Å²) in [4.78, 5) is 15.8. The summed E-state index contributed by atoms with van der Waals surface area (Å²) in [6, 6.07) is 16.4. The van der Waals surface area contributed by atoms with Gasteiger partial charge in [0.1, 0.15) is 11.0 Å². The molecule has 0 radical (unpaired) electrons. The molecule has 172 valence electrons. The number of rotatable bonds is 5. The van der Waals surface area contributed by atoms with Crippen molar-refractivity contribution in [3.05, 3.63) is 60.9 Å². The smallest absolute Gasteiger partial charge is 0.228 e. The Bertz CT molecular complexity index is 1470. The van der Waals surface area contributed by atoms with E-state index in [4.69, 9.17) is 19.4 Å². The van der Waals surface area contributed by atoms with Gasteiger partial charge in [0.2, 0.25) is 5.95 Å². The quantitative estimate of drug-likeness (QED) is 0.418. The number of methoxy groups -OCH3 is 2. The second kappa shape index (κ2) is 8.39. The Hall–Kier alpha value is -4.04. The van der Waals surface area contributed by atoms with Crippen LogP contribution in [0.25, 0.3) is 38.9 Å². The van der Waals surface area contributed by atoms with Crippen molar-refractivity contribution >= 4 is 27.9 Å². The summed E-state index contributed by atoms with van der Waals surface area (Å²) in [7, 11) is 3.30. The Balaban J connectivity index is 1.52. The largest absolute Gasteiger partial charge is 0.493 e. The molecule has 0 saturated carbocycles. The molecule has 0 atom stereocenters. The van der Waals surface area contributed by atoms with Crippen LogP contribution in [0.5, 0.6) is 11.5 Å². The molecule has 0 spiro atoms. The number of H-pyrrole nitrogens is 1. The molecule has 34 heavy (non-hydrogen) atoms. The molecule has 0 amide bonds. The van der Waals surface area contributed by atoms with Crippen LogP contribution in [0.1, 0.15) is 0 Å². The van der Waals surface area contributed by atoms with Gasteiger partial charge in [0.25, 0.3) is 0 Å². The molecule has 1 saturated heterocycles. The Kier molecular flexibility index (Phi) is 5.07. The number of piperazine rings is 1. The van der Waals surface area contributed by atoms with Gasteiger partial charge >= 0.3 is 0 Å². The van der Waals surface area contributed by atoms with Gasteiger partial charge in [-0.25, -0.2) is 4.98 Å². The average molecular weight is 455 g/mol. The molecule has 5 aromatic rings. The molecule has 1 fully saturated rings. The van der Waals surface area contributed by atoms with Gasteiger partial charge in [-0.2, -0.15) is 4.98 Å². The third-order valence-corrected chi connectivity index (χ3v) is 6.38. The predicted octanol–water partition coefficient (Wildman–Crippen LogP) is 4.00. The molecular weight excluding hydrogens is 428 g/mol. The van der Waals surface area contributed by atoms with E-state index in [-0.39, 0.29) is 0 Å². The van der Waals surface area contributed by atoms with Crippen molar-refractivity contribution in [2.45, 2.75) is 0 Å². The second-order valence-corrected chi connectivity index (χ2v) is 8.35. The number of ether oxygens (including phenoxy) is 2. The summed E-state index contributed by atoms with van der Waals surface area (Å²) in [6.07, 6.45) is 4.04. The first-order valence-corrected chi connectivity index (χ1v) is 11.4. The lowest BCUT2D eigenvalue weighted by Crippen LogP contribution is -2.44. The van der Waals surface area contributed by atoms with E-state index >= 15 is 0 Å². The second-order valence-electron chi connectivity index (χ2n) is 8.35. The maximum atomic E-state index is 5.50. The molecule has 4 heterocycles. The fourth-order valence-corrected chi connectivity index (χ4v) is 4.60. The van der Waals surface area contributed by atoms with Crippen LogP contribution in [-0.2, 0) is 0 Å². The lowest BCUT2D eigenvalue weighted by Gasteiger charge is -2.27. The molecular formula is C26H26N6O2. The molecule has 2 N–H and O–H groups in total. The number of aromatic amines is 1. The topological polar surface area (TPSA) is 80.2 Å². The molecule has 3 aromatic heterocycles. The molecule has 8 nitrogen and oxygen atoms in total. The Morgan fingerprint density at radius 2 is 1.59 bits per heavy atom. The van der Waals surface area contributed by atoms with Gasteiger partial charge in [-0.05, 0) is 41.5 Å². The normalized spacial score (nSPS) is 14.1. The van der Waals surface area contributed by atoms with Crippen LogP contribution in [0.3, 0.4) is 0 Å². The minimum atomic E-state index is 0.707. The van der Waals surface area contributed by atoms with Crippen molar-refractivity contribution < 1.29 is 9.47 Å². The van der Waals surface area contributed by atoms with Crippen molar-refractivity contribution in [2.75, 3.05) is 45.3 Å².